The van der Waals surface area contributed by atoms with Gasteiger partial charge >= 0.3 is 0 Å². The molecule has 2 N–H and O–H groups in total. The van der Waals surface area contributed by atoms with Crippen molar-refractivity contribution in [3.8, 4) is 17.0 Å². The number of carbonyl (C=O) groups is 1. The largest absolute Gasteiger partial charge is 0.492 e. The Kier molecular flexibility index (Phi) is 6.36. The molecule has 1 saturated heterocycles. The molecule has 1 aromatic carbocycles. The number of amides is 1. The van der Waals surface area contributed by atoms with Crippen LogP contribution in [0.2, 0.25) is 0 Å². The normalized spacial score (nSPS) is 14.5. The summed E-state index contributed by atoms with van der Waals surface area (Å²) in [4.78, 5) is 15.1. The molecule has 0 radical (unpaired) electrons. The molecule has 4 rings (SSSR count). The van der Waals surface area contributed by atoms with Crippen LogP contribution >= 0.6 is 0 Å². The molecular weight excluding hydrogens is 392 g/mol. The lowest BCUT2D eigenvalue weighted by molar-refractivity contribution is 0.102. The number of rotatable bonds is 7. The Morgan fingerprint density at radius 2 is 1.90 bits per heavy atom. The fraction of sp³-hybridized carbons (Fsp3) is 0.435. The van der Waals surface area contributed by atoms with Crippen molar-refractivity contribution >= 4 is 11.6 Å². The second-order valence-electron chi connectivity index (χ2n) is 8.07. The number of nitrogens with zero attached hydrogens (tertiary/aromatic N) is 4. The summed E-state index contributed by atoms with van der Waals surface area (Å²) in [5.41, 5.74) is 4.66. The van der Waals surface area contributed by atoms with E-state index in [1.54, 1.807) is 6.07 Å². The van der Waals surface area contributed by atoms with Gasteiger partial charge in [-0.15, -0.1) is 0 Å². The van der Waals surface area contributed by atoms with Crippen LogP contribution in [0.15, 0.2) is 30.3 Å². The number of anilines is 1. The van der Waals surface area contributed by atoms with E-state index in [1.165, 1.54) is 32.4 Å². The maximum Gasteiger partial charge on any atom is 0.273 e. The van der Waals surface area contributed by atoms with Crippen LogP contribution < -0.4 is 10.1 Å². The minimum Gasteiger partial charge on any atom is -0.492 e. The van der Waals surface area contributed by atoms with Gasteiger partial charge in [-0.1, -0.05) is 6.42 Å². The van der Waals surface area contributed by atoms with Gasteiger partial charge in [0.05, 0.1) is 11.4 Å². The molecular formula is C23H30N6O2. The molecule has 31 heavy (non-hydrogen) atoms. The summed E-state index contributed by atoms with van der Waals surface area (Å²) in [5, 5.41) is 14.4. The van der Waals surface area contributed by atoms with Gasteiger partial charge in [-0.2, -0.15) is 10.2 Å². The zero-order chi connectivity index (χ0) is 21.8. The predicted molar refractivity (Wildman–Crippen MR) is 120 cm³/mol. The molecule has 2 aromatic heterocycles. The Labute approximate surface area is 182 Å². The van der Waals surface area contributed by atoms with E-state index < -0.39 is 0 Å². The lowest BCUT2D eigenvalue weighted by Crippen LogP contribution is -2.33. The highest BCUT2D eigenvalue weighted by molar-refractivity contribution is 6.03. The second kappa shape index (κ2) is 9.34. The summed E-state index contributed by atoms with van der Waals surface area (Å²) < 4.78 is 7.67. The lowest BCUT2D eigenvalue weighted by atomic mass is 10.1. The van der Waals surface area contributed by atoms with Crippen LogP contribution in [0.1, 0.15) is 41.1 Å². The summed E-state index contributed by atoms with van der Waals surface area (Å²) in [5.74, 6) is 0.568. The molecule has 0 saturated carbocycles. The number of hydrogen-bond acceptors (Lipinski definition) is 5. The fourth-order valence-electron chi connectivity index (χ4n) is 4.02. The van der Waals surface area contributed by atoms with E-state index in [-0.39, 0.29) is 5.91 Å². The van der Waals surface area contributed by atoms with Crippen molar-refractivity contribution in [1.29, 1.82) is 0 Å². The van der Waals surface area contributed by atoms with E-state index in [0.717, 1.165) is 29.2 Å². The number of piperidine rings is 1. The van der Waals surface area contributed by atoms with Gasteiger partial charge in [0.25, 0.3) is 5.91 Å². The number of hydrogen-bond donors (Lipinski definition) is 2. The molecule has 3 aromatic rings. The highest BCUT2D eigenvalue weighted by Crippen LogP contribution is 2.25. The molecule has 1 aliphatic heterocycles. The highest BCUT2D eigenvalue weighted by Gasteiger charge is 2.17. The van der Waals surface area contributed by atoms with Crippen LogP contribution in [-0.2, 0) is 7.05 Å². The van der Waals surface area contributed by atoms with E-state index >= 15 is 0 Å². The molecule has 1 amide bonds. The van der Waals surface area contributed by atoms with E-state index in [2.05, 4.69) is 25.5 Å². The van der Waals surface area contributed by atoms with Crippen LogP contribution in [0.25, 0.3) is 11.3 Å². The third-order valence-electron chi connectivity index (χ3n) is 5.82. The van der Waals surface area contributed by atoms with Gasteiger partial charge < -0.3 is 10.1 Å². The van der Waals surface area contributed by atoms with Gasteiger partial charge in [0.15, 0.2) is 0 Å². The molecule has 0 unspecified atom stereocenters. The van der Waals surface area contributed by atoms with Crippen molar-refractivity contribution in [3.05, 3.63) is 47.4 Å². The zero-order valence-electron chi connectivity index (χ0n) is 18.4. The maximum absolute atomic E-state index is 12.6. The number of H-pyrrole nitrogens is 1. The number of aromatic nitrogens is 4. The molecule has 0 atom stereocenters. The first-order valence-corrected chi connectivity index (χ1v) is 10.8. The average molecular weight is 423 g/mol. The summed E-state index contributed by atoms with van der Waals surface area (Å²) in [6.07, 6.45) is 3.91. The van der Waals surface area contributed by atoms with E-state index in [9.17, 15) is 4.79 Å². The fourth-order valence-corrected chi connectivity index (χ4v) is 4.02. The van der Waals surface area contributed by atoms with Crippen molar-refractivity contribution in [2.75, 3.05) is 31.6 Å². The molecule has 164 valence electrons. The number of carbonyl (C=O) groups excluding carboxylic acids is 1. The summed E-state index contributed by atoms with van der Waals surface area (Å²) >= 11 is 0. The van der Waals surface area contributed by atoms with E-state index in [4.69, 9.17) is 4.74 Å². The molecule has 8 heteroatoms. The Morgan fingerprint density at radius 1 is 1.16 bits per heavy atom. The number of ether oxygens (including phenoxy) is 1. The topological polar surface area (TPSA) is 88.1 Å². The summed E-state index contributed by atoms with van der Waals surface area (Å²) in [6.45, 7) is 7.90. The van der Waals surface area contributed by atoms with Gasteiger partial charge in [-0.3, -0.25) is 19.5 Å². The Balaban J connectivity index is 1.32. The number of nitrogens with one attached hydrogen (secondary N) is 2. The van der Waals surface area contributed by atoms with Crippen LogP contribution in [-0.4, -0.2) is 57.0 Å². The smallest absolute Gasteiger partial charge is 0.273 e. The van der Waals surface area contributed by atoms with Gasteiger partial charge in [-0.25, -0.2) is 0 Å². The van der Waals surface area contributed by atoms with Gasteiger partial charge in [-0.05, 0) is 70.1 Å². The standard InChI is InChI=1S/C23H30N6O2/c1-16-22(17(2)28(3)27-16)20-15-21(26-25-20)23(30)24-18-7-9-19(10-8-18)31-14-13-29-11-5-4-6-12-29/h7-10,15H,4-6,11-14H2,1-3H3,(H,24,30)(H,25,26). The van der Waals surface area contributed by atoms with Crippen molar-refractivity contribution in [3.63, 3.8) is 0 Å². The van der Waals surface area contributed by atoms with Crippen LogP contribution in [0.5, 0.6) is 5.75 Å². The Hall–Kier alpha value is -3.13. The highest BCUT2D eigenvalue weighted by atomic mass is 16.5. The minimum atomic E-state index is -0.239. The minimum absolute atomic E-state index is 0.239. The number of likely N-dealkylation sites (tertiary alicyclic amines) is 1. The molecule has 3 heterocycles. The SMILES string of the molecule is Cc1nn(C)c(C)c1-c1cc(C(=O)Nc2ccc(OCCN3CCCCC3)cc2)[nH]n1. The number of aryl methyl sites for hydroxylation is 2. The average Bonchev–Trinajstić information content (AvgIpc) is 3.34. The summed E-state index contributed by atoms with van der Waals surface area (Å²) in [7, 11) is 1.90. The molecule has 1 aliphatic rings. The molecule has 0 bridgehead atoms. The second-order valence-corrected chi connectivity index (χ2v) is 8.07. The monoisotopic (exact) mass is 422 g/mol. The van der Waals surface area contributed by atoms with E-state index in [0.29, 0.717) is 23.7 Å². The van der Waals surface area contributed by atoms with Crippen molar-refractivity contribution in [1.82, 2.24) is 24.9 Å². The molecule has 0 spiro atoms. The lowest BCUT2D eigenvalue weighted by Gasteiger charge is -2.26. The van der Waals surface area contributed by atoms with Gasteiger partial charge in [0.1, 0.15) is 18.1 Å². The van der Waals surface area contributed by atoms with Crippen molar-refractivity contribution < 1.29 is 9.53 Å². The predicted octanol–water partition coefficient (Wildman–Crippen LogP) is 3.54. The third kappa shape index (κ3) is 4.96. The van der Waals surface area contributed by atoms with Gasteiger partial charge in [0, 0.05) is 30.5 Å². The Morgan fingerprint density at radius 3 is 2.58 bits per heavy atom. The summed E-state index contributed by atoms with van der Waals surface area (Å²) in [6, 6.07) is 9.21. The molecule has 1 fully saturated rings. The Bertz CT molecular complexity index is 1030. The molecule has 8 nitrogen and oxygen atoms in total. The molecule has 0 aliphatic carbocycles. The van der Waals surface area contributed by atoms with Crippen molar-refractivity contribution in [2.24, 2.45) is 7.05 Å². The maximum atomic E-state index is 12.6. The van der Waals surface area contributed by atoms with Gasteiger partial charge in [0.2, 0.25) is 0 Å². The van der Waals surface area contributed by atoms with E-state index in [1.807, 2.05) is 49.8 Å². The van der Waals surface area contributed by atoms with Crippen LogP contribution in [0, 0.1) is 13.8 Å². The van der Waals surface area contributed by atoms with Crippen LogP contribution in [0.3, 0.4) is 0 Å². The zero-order valence-corrected chi connectivity index (χ0v) is 18.4. The third-order valence-corrected chi connectivity index (χ3v) is 5.82. The number of aromatic amines is 1. The number of benzene rings is 1. The first kappa shape index (κ1) is 21.1. The first-order chi connectivity index (χ1) is 15.0. The first-order valence-electron chi connectivity index (χ1n) is 10.8. The quantitative estimate of drug-likeness (QED) is 0.608. The van der Waals surface area contributed by atoms with Crippen molar-refractivity contribution in [2.45, 2.75) is 33.1 Å². The van der Waals surface area contributed by atoms with Crippen LogP contribution in [0.4, 0.5) is 5.69 Å².